The number of piperidine rings is 1. The first-order valence-corrected chi connectivity index (χ1v) is 10.3. The summed E-state index contributed by atoms with van der Waals surface area (Å²) in [5.41, 5.74) is 6.26. The van der Waals surface area contributed by atoms with Crippen molar-refractivity contribution >= 4 is 39.4 Å². The van der Waals surface area contributed by atoms with Gasteiger partial charge in [-0.3, -0.25) is 0 Å². The molecule has 1 aromatic carbocycles. The molecule has 1 amide bonds. The largest absolute Gasteiger partial charge is 0.444 e. The summed E-state index contributed by atoms with van der Waals surface area (Å²) >= 11 is 3.12. The van der Waals surface area contributed by atoms with E-state index in [0.717, 1.165) is 0 Å². The smallest absolute Gasteiger partial charge is 0.410 e. The number of nitrogens with one attached hydrogen (secondary N) is 1. The molecule has 3 rings (SSSR count). The molecule has 3 N–H and O–H groups in total. The quantitative estimate of drug-likeness (QED) is 0.501. The van der Waals surface area contributed by atoms with Gasteiger partial charge in [0.2, 0.25) is 5.82 Å². The highest BCUT2D eigenvalue weighted by Crippen LogP contribution is 2.24. The average Bonchev–Trinajstić information content (AvgIpc) is 3.12. The molecule has 0 unspecified atom stereocenters. The second-order valence-electron chi connectivity index (χ2n) is 7.94. The highest BCUT2D eigenvalue weighted by molar-refractivity contribution is 9.10. The number of halogens is 2. The standard InChI is InChI=1S/C19H24BrFN6O3/c1-19(2,3)29-18(28)27-8-6-11(7-9-27)24-17-15(25-30-26-17)16(22)23-12-4-5-14(21)13(20)10-12/h4-5,10-11H,6-9H2,1-3H3,(H2,22,23)(H,24,26). The minimum Gasteiger partial charge on any atom is -0.444 e. The molecule has 9 nitrogen and oxygen atoms in total. The second kappa shape index (κ2) is 8.99. The molecule has 1 fully saturated rings. The summed E-state index contributed by atoms with van der Waals surface area (Å²) in [7, 11) is 0. The lowest BCUT2D eigenvalue weighted by atomic mass is 10.1. The first-order chi connectivity index (χ1) is 14.1. The van der Waals surface area contributed by atoms with Crippen molar-refractivity contribution in [2.24, 2.45) is 10.7 Å². The van der Waals surface area contributed by atoms with Crippen LogP contribution >= 0.6 is 15.9 Å². The number of benzene rings is 1. The van der Waals surface area contributed by atoms with Crippen LogP contribution in [0.25, 0.3) is 0 Å². The van der Waals surface area contributed by atoms with E-state index in [9.17, 15) is 9.18 Å². The van der Waals surface area contributed by atoms with Crippen LogP contribution in [0.5, 0.6) is 0 Å². The van der Waals surface area contributed by atoms with Crippen molar-refractivity contribution in [3.05, 3.63) is 34.2 Å². The van der Waals surface area contributed by atoms with Gasteiger partial charge in [0, 0.05) is 19.1 Å². The number of ether oxygens (including phenoxy) is 1. The van der Waals surface area contributed by atoms with Gasteiger partial charge in [0.25, 0.3) is 0 Å². The van der Waals surface area contributed by atoms with E-state index in [0.29, 0.717) is 37.4 Å². The topological polar surface area (TPSA) is 119 Å². The predicted octanol–water partition coefficient (Wildman–Crippen LogP) is 3.82. The highest BCUT2D eigenvalue weighted by Gasteiger charge is 2.28. The summed E-state index contributed by atoms with van der Waals surface area (Å²) in [5, 5.41) is 10.9. The molecule has 30 heavy (non-hydrogen) atoms. The van der Waals surface area contributed by atoms with Gasteiger partial charge in [-0.05, 0) is 78.1 Å². The Labute approximate surface area is 181 Å². The van der Waals surface area contributed by atoms with Crippen LogP contribution in [-0.4, -0.2) is 51.9 Å². The van der Waals surface area contributed by atoms with Crippen LogP contribution < -0.4 is 11.1 Å². The molecule has 1 aliphatic heterocycles. The minimum absolute atomic E-state index is 0.0575. The van der Waals surface area contributed by atoms with Gasteiger partial charge in [0.1, 0.15) is 11.4 Å². The van der Waals surface area contributed by atoms with Gasteiger partial charge in [-0.25, -0.2) is 18.8 Å². The number of likely N-dealkylation sites (tertiary alicyclic amines) is 1. The summed E-state index contributed by atoms with van der Waals surface area (Å²) in [6.45, 7) is 6.64. The van der Waals surface area contributed by atoms with Gasteiger partial charge in [-0.2, -0.15) is 0 Å². The average molecular weight is 483 g/mol. The van der Waals surface area contributed by atoms with E-state index in [-0.39, 0.29) is 28.1 Å². The SMILES string of the molecule is CC(C)(C)OC(=O)N1CCC(Nc2nonc2C(N)=Nc2ccc(F)c(Br)c2)CC1. The molecule has 11 heteroatoms. The number of carbonyl (C=O) groups is 1. The van der Waals surface area contributed by atoms with E-state index >= 15 is 0 Å². The van der Waals surface area contributed by atoms with E-state index in [1.807, 2.05) is 20.8 Å². The van der Waals surface area contributed by atoms with E-state index in [1.54, 1.807) is 4.90 Å². The molecule has 2 aromatic rings. The Balaban J connectivity index is 1.62. The van der Waals surface area contributed by atoms with E-state index in [4.69, 9.17) is 15.1 Å². The third-order valence-electron chi connectivity index (χ3n) is 4.37. The fraction of sp³-hybridized carbons (Fsp3) is 0.474. The number of aromatic nitrogens is 2. The Morgan fingerprint density at radius 2 is 2.07 bits per heavy atom. The van der Waals surface area contributed by atoms with Crippen molar-refractivity contribution in [3.8, 4) is 0 Å². The fourth-order valence-electron chi connectivity index (χ4n) is 2.92. The van der Waals surface area contributed by atoms with Crippen LogP contribution in [-0.2, 0) is 4.74 Å². The summed E-state index contributed by atoms with van der Waals surface area (Å²) in [4.78, 5) is 18.1. The number of amidine groups is 1. The maximum atomic E-state index is 13.4. The lowest BCUT2D eigenvalue weighted by molar-refractivity contribution is 0.0210. The van der Waals surface area contributed by atoms with Crippen LogP contribution in [0, 0.1) is 5.82 Å². The van der Waals surface area contributed by atoms with Crippen molar-refractivity contribution in [1.82, 2.24) is 15.2 Å². The van der Waals surface area contributed by atoms with Crippen LogP contribution in [0.15, 0.2) is 32.3 Å². The summed E-state index contributed by atoms with van der Waals surface area (Å²) < 4.78 is 23.9. The monoisotopic (exact) mass is 482 g/mol. The van der Waals surface area contributed by atoms with Crippen LogP contribution in [0.4, 0.5) is 20.7 Å². The van der Waals surface area contributed by atoms with Crippen molar-refractivity contribution in [1.29, 1.82) is 0 Å². The number of aliphatic imine (C=N–C) groups is 1. The third-order valence-corrected chi connectivity index (χ3v) is 4.98. The van der Waals surface area contributed by atoms with Crippen molar-refractivity contribution < 1.29 is 18.6 Å². The number of nitrogens with two attached hydrogens (primary N) is 1. The molecular formula is C19H24BrFN6O3. The number of anilines is 1. The van der Waals surface area contributed by atoms with Gasteiger partial charge in [0.05, 0.1) is 10.2 Å². The normalized spacial score (nSPS) is 15.9. The predicted molar refractivity (Wildman–Crippen MR) is 113 cm³/mol. The van der Waals surface area contributed by atoms with Crippen molar-refractivity contribution in [3.63, 3.8) is 0 Å². The third kappa shape index (κ3) is 5.68. The van der Waals surface area contributed by atoms with Crippen LogP contribution in [0.3, 0.4) is 0 Å². The zero-order valence-electron chi connectivity index (χ0n) is 17.0. The van der Waals surface area contributed by atoms with E-state index < -0.39 is 11.4 Å². The van der Waals surface area contributed by atoms with Gasteiger partial charge in [-0.15, -0.1) is 0 Å². The highest BCUT2D eigenvalue weighted by atomic mass is 79.9. The number of hydrogen-bond acceptors (Lipinski definition) is 7. The number of nitrogens with zero attached hydrogens (tertiary/aromatic N) is 4. The lowest BCUT2D eigenvalue weighted by Crippen LogP contribution is -2.44. The molecular weight excluding hydrogens is 459 g/mol. The van der Waals surface area contributed by atoms with Gasteiger partial charge in [0.15, 0.2) is 11.5 Å². The molecule has 0 spiro atoms. The van der Waals surface area contributed by atoms with Gasteiger partial charge >= 0.3 is 6.09 Å². The maximum Gasteiger partial charge on any atom is 0.410 e. The number of amides is 1. The Hall–Kier alpha value is -2.69. The van der Waals surface area contributed by atoms with Crippen molar-refractivity contribution in [2.45, 2.75) is 45.3 Å². The van der Waals surface area contributed by atoms with E-state index in [2.05, 4.69) is 36.6 Å². The lowest BCUT2D eigenvalue weighted by Gasteiger charge is -2.33. The Morgan fingerprint density at radius 3 is 2.70 bits per heavy atom. The molecule has 1 aliphatic rings. The molecule has 0 atom stereocenters. The first kappa shape index (κ1) is 22.0. The molecule has 0 radical (unpaired) electrons. The fourth-order valence-corrected chi connectivity index (χ4v) is 3.29. The second-order valence-corrected chi connectivity index (χ2v) is 8.80. The minimum atomic E-state index is -0.523. The molecule has 0 aliphatic carbocycles. The molecule has 2 heterocycles. The maximum absolute atomic E-state index is 13.4. The first-order valence-electron chi connectivity index (χ1n) is 9.49. The summed E-state index contributed by atoms with van der Waals surface area (Å²) in [5.74, 6) is 0.0623. The number of carbonyl (C=O) groups excluding carboxylic acids is 1. The molecule has 1 saturated heterocycles. The number of rotatable bonds is 4. The zero-order valence-corrected chi connectivity index (χ0v) is 18.6. The molecule has 162 valence electrons. The Bertz CT molecular complexity index is 935. The molecule has 1 aromatic heterocycles. The molecule has 0 saturated carbocycles. The van der Waals surface area contributed by atoms with Crippen LogP contribution in [0.2, 0.25) is 0 Å². The van der Waals surface area contributed by atoms with E-state index in [1.165, 1.54) is 18.2 Å². The Kier molecular flexibility index (Phi) is 6.59. The zero-order chi connectivity index (χ0) is 21.9. The number of hydrogen-bond donors (Lipinski definition) is 2. The Morgan fingerprint density at radius 1 is 1.37 bits per heavy atom. The summed E-state index contributed by atoms with van der Waals surface area (Å²) in [6.07, 6.45) is 1.09. The van der Waals surface area contributed by atoms with Crippen molar-refractivity contribution in [2.75, 3.05) is 18.4 Å². The molecule has 0 bridgehead atoms. The van der Waals surface area contributed by atoms with Gasteiger partial charge < -0.3 is 20.7 Å². The van der Waals surface area contributed by atoms with Crippen LogP contribution in [0.1, 0.15) is 39.3 Å². The van der Waals surface area contributed by atoms with Gasteiger partial charge in [-0.1, -0.05) is 0 Å². The summed E-state index contributed by atoms with van der Waals surface area (Å²) in [6, 6.07) is 4.35.